The van der Waals surface area contributed by atoms with Gasteiger partial charge in [0.15, 0.2) is 17.6 Å². The lowest BCUT2D eigenvalue weighted by molar-refractivity contribution is -0.150. The molecule has 2 aromatic carbocycles. The Labute approximate surface area is 234 Å². The summed E-state index contributed by atoms with van der Waals surface area (Å²) >= 11 is 10.5. The van der Waals surface area contributed by atoms with Crippen LogP contribution in [-0.2, 0) is 9.53 Å². The van der Waals surface area contributed by atoms with Gasteiger partial charge in [-0.1, -0.05) is 29.8 Å². The molecule has 192 valence electrons. The number of carbonyl (C=O) groups is 1. The lowest BCUT2D eigenvalue weighted by atomic mass is 10.2. The summed E-state index contributed by atoms with van der Waals surface area (Å²) in [6.07, 6.45) is 0.705. The van der Waals surface area contributed by atoms with Gasteiger partial charge in [-0.25, -0.2) is 9.78 Å². The number of aromatic nitrogens is 2. The summed E-state index contributed by atoms with van der Waals surface area (Å²) < 4.78 is 19.9. The van der Waals surface area contributed by atoms with E-state index in [9.17, 15) is 9.59 Å². The highest BCUT2D eigenvalue weighted by Crippen LogP contribution is 2.43. The van der Waals surface area contributed by atoms with Crippen LogP contribution < -0.4 is 15.0 Å². The molecular weight excluding hydrogens is 662 g/mol. The minimum atomic E-state index is -0.845. The second-order valence-corrected chi connectivity index (χ2v) is 10.5. The molecule has 0 N–H and O–H groups in total. The normalized spacial score (nSPS) is 12.4. The van der Waals surface area contributed by atoms with E-state index in [2.05, 4.69) is 57.9 Å². The molecule has 1 aromatic heterocycles. The Hall–Kier alpha value is -2.24. The van der Waals surface area contributed by atoms with Crippen LogP contribution in [0.25, 0.3) is 10.9 Å². The van der Waals surface area contributed by atoms with Crippen LogP contribution in [0.1, 0.15) is 51.9 Å². The first-order chi connectivity index (χ1) is 17.1. The molecule has 11 heteroatoms. The Balaban J connectivity index is 2.10. The second kappa shape index (κ2) is 12.3. The molecule has 0 radical (unpaired) electrons. The number of nitrogens with zero attached hydrogens (tertiary/aromatic N) is 3. The molecule has 3 rings (SSSR count). The molecule has 0 unspecified atom stereocenters. The molecule has 0 fully saturated rings. The maximum Gasteiger partial charge on any atom is 0.347 e. The van der Waals surface area contributed by atoms with E-state index in [0.29, 0.717) is 49.3 Å². The third-order valence-corrected chi connectivity index (χ3v) is 7.67. The van der Waals surface area contributed by atoms with Crippen molar-refractivity contribution in [3.8, 4) is 11.5 Å². The lowest BCUT2D eigenvalue weighted by Crippen LogP contribution is -2.26. The second-order valence-electron chi connectivity index (χ2n) is 8.01. The third kappa shape index (κ3) is 6.18. The third-order valence-electron chi connectivity index (χ3n) is 5.03. The summed E-state index contributed by atoms with van der Waals surface area (Å²) in [5.74, 6) is 0.761. The number of carbonyl (C=O) groups excluding carboxylic acids is 1. The number of benzene rings is 2. The highest BCUT2D eigenvalue weighted by atomic mass is 79.9. The fourth-order valence-corrected chi connectivity index (χ4v) is 4.60. The molecular formula is C25H26Br3N3O5. The van der Waals surface area contributed by atoms with Crippen molar-refractivity contribution in [1.82, 2.24) is 9.66 Å². The largest absolute Gasteiger partial charge is 0.490 e. The average molecular weight is 688 g/mol. The summed E-state index contributed by atoms with van der Waals surface area (Å²) in [4.78, 5) is 30.1. The maximum absolute atomic E-state index is 13.3. The van der Waals surface area contributed by atoms with Crippen molar-refractivity contribution in [3.05, 3.63) is 59.4 Å². The van der Waals surface area contributed by atoms with Crippen LogP contribution in [0.15, 0.2) is 47.6 Å². The summed E-state index contributed by atoms with van der Waals surface area (Å²) in [5, 5.41) is 4.96. The van der Waals surface area contributed by atoms with Crippen LogP contribution in [0.3, 0.4) is 0 Å². The smallest absolute Gasteiger partial charge is 0.347 e. The summed E-state index contributed by atoms with van der Waals surface area (Å²) in [6.45, 7) is 9.71. The van der Waals surface area contributed by atoms with Crippen LogP contribution >= 0.6 is 47.8 Å². The zero-order chi connectivity index (χ0) is 26.6. The molecule has 0 bridgehead atoms. The van der Waals surface area contributed by atoms with E-state index in [1.807, 2.05) is 26.8 Å². The predicted molar refractivity (Wildman–Crippen MR) is 151 cm³/mol. The van der Waals surface area contributed by atoms with Gasteiger partial charge in [0.1, 0.15) is 5.82 Å². The zero-order valence-electron chi connectivity index (χ0n) is 20.5. The van der Waals surface area contributed by atoms with Gasteiger partial charge in [0.25, 0.3) is 5.56 Å². The molecule has 0 aliphatic rings. The van der Waals surface area contributed by atoms with Gasteiger partial charge < -0.3 is 14.2 Å². The van der Waals surface area contributed by atoms with Crippen LogP contribution in [0, 0.1) is 0 Å². The Bertz CT molecular complexity index is 1370. The standard InChI is InChI=1S/C25H26Br3N3O5/c1-6-34-19-10-15(20(27)21(28)22(19)36-14(5)25(33)35-7-2)12-29-31-23(13(3)4)30-18-9-8-16(26)11-17(18)24(31)32/h8-14H,6-7H2,1-5H3/t14-/m0/s1. The minimum Gasteiger partial charge on any atom is -0.490 e. The van der Waals surface area contributed by atoms with Crippen LogP contribution in [0.2, 0.25) is 0 Å². The molecule has 0 aliphatic carbocycles. The van der Waals surface area contributed by atoms with Crippen molar-refractivity contribution in [2.45, 2.75) is 46.6 Å². The quantitative estimate of drug-likeness (QED) is 0.191. The van der Waals surface area contributed by atoms with Crippen LogP contribution in [-0.4, -0.2) is 41.2 Å². The van der Waals surface area contributed by atoms with E-state index in [4.69, 9.17) is 14.2 Å². The maximum atomic E-state index is 13.3. The van der Waals surface area contributed by atoms with Crippen molar-refractivity contribution >= 4 is 70.9 Å². The van der Waals surface area contributed by atoms with Gasteiger partial charge in [0, 0.05) is 20.4 Å². The molecule has 0 amide bonds. The minimum absolute atomic E-state index is 0.0443. The van der Waals surface area contributed by atoms with Crippen molar-refractivity contribution in [3.63, 3.8) is 0 Å². The van der Waals surface area contributed by atoms with E-state index < -0.39 is 12.1 Å². The first-order valence-electron chi connectivity index (χ1n) is 11.3. The number of hydrogen-bond acceptors (Lipinski definition) is 7. The Morgan fingerprint density at radius 2 is 1.83 bits per heavy atom. The van der Waals surface area contributed by atoms with Crippen molar-refractivity contribution < 1.29 is 19.0 Å². The number of ether oxygens (including phenoxy) is 3. The van der Waals surface area contributed by atoms with E-state index in [1.54, 1.807) is 38.3 Å². The molecule has 0 spiro atoms. The number of fused-ring (bicyclic) bond motifs is 1. The van der Waals surface area contributed by atoms with Gasteiger partial charge in [0.05, 0.1) is 34.8 Å². The van der Waals surface area contributed by atoms with Crippen molar-refractivity contribution in [2.24, 2.45) is 5.10 Å². The highest BCUT2D eigenvalue weighted by molar-refractivity contribution is 9.13. The molecule has 0 saturated carbocycles. The zero-order valence-corrected chi connectivity index (χ0v) is 25.2. The van der Waals surface area contributed by atoms with Crippen molar-refractivity contribution in [2.75, 3.05) is 13.2 Å². The number of halogens is 3. The molecule has 1 atom stereocenters. The molecule has 8 nitrogen and oxygen atoms in total. The Kier molecular flexibility index (Phi) is 9.71. The number of rotatable bonds is 9. The van der Waals surface area contributed by atoms with Crippen LogP contribution in [0.4, 0.5) is 0 Å². The monoisotopic (exact) mass is 685 g/mol. The molecule has 0 aliphatic heterocycles. The van der Waals surface area contributed by atoms with Crippen LogP contribution in [0.5, 0.6) is 11.5 Å². The van der Waals surface area contributed by atoms with Gasteiger partial charge in [-0.05, 0) is 76.9 Å². The predicted octanol–water partition coefficient (Wildman–Crippen LogP) is 6.42. The highest BCUT2D eigenvalue weighted by Gasteiger charge is 2.23. The molecule has 0 saturated heterocycles. The lowest BCUT2D eigenvalue weighted by Gasteiger charge is -2.19. The van der Waals surface area contributed by atoms with Gasteiger partial charge >= 0.3 is 5.97 Å². The molecule has 36 heavy (non-hydrogen) atoms. The van der Waals surface area contributed by atoms with Gasteiger partial charge in [-0.3, -0.25) is 4.79 Å². The first-order valence-corrected chi connectivity index (χ1v) is 13.7. The van der Waals surface area contributed by atoms with E-state index in [1.165, 1.54) is 4.68 Å². The van der Waals surface area contributed by atoms with Crippen molar-refractivity contribution in [1.29, 1.82) is 0 Å². The average Bonchev–Trinajstić information content (AvgIpc) is 2.83. The molecule has 1 heterocycles. The van der Waals surface area contributed by atoms with Gasteiger partial charge in [0.2, 0.25) is 0 Å². The SMILES string of the molecule is CCOC(=O)[C@H](C)Oc1c(OCC)cc(C=Nn2c(C(C)C)nc3ccc(Br)cc3c2=O)c(Br)c1Br. The summed E-state index contributed by atoms with van der Waals surface area (Å²) in [7, 11) is 0. The Morgan fingerprint density at radius 1 is 1.11 bits per heavy atom. The van der Waals surface area contributed by atoms with Gasteiger partial charge in [-0.15, -0.1) is 0 Å². The summed E-state index contributed by atoms with van der Waals surface area (Å²) in [5.41, 5.74) is 0.959. The van der Waals surface area contributed by atoms with Gasteiger partial charge in [-0.2, -0.15) is 9.78 Å². The Morgan fingerprint density at radius 3 is 2.47 bits per heavy atom. The number of esters is 1. The van der Waals surface area contributed by atoms with E-state index in [0.717, 1.165) is 4.47 Å². The van der Waals surface area contributed by atoms with E-state index in [-0.39, 0.29) is 18.1 Å². The fourth-order valence-electron chi connectivity index (χ4n) is 3.33. The topological polar surface area (TPSA) is 92.0 Å². The molecule has 3 aromatic rings. The number of hydrogen-bond donors (Lipinski definition) is 0. The summed E-state index contributed by atoms with van der Waals surface area (Å²) in [6, 6.07) is 7.11. The van der Waals surface area contributed by atoms with E-state index >= 15 is 0 Å². The first kappa shape index (κ1) is 28.3. The fraction of sp³-hybridized carbons (Fsp3) is 0.360.